The van der Waals surface area contributed by atoms with Crippen molar-refractivity contribution in [3.63, 3.8) is 0 Å². The Balaban J connectivity index is 3.84. The van der Waals surface area contributed by atoms with Crippen LogP contribution in [0.5, 0.6) is 0 Å². The van der Waals surface area contributed by atoms with Gasteiger partial charge in [0.05, 0.1) is 0 Å². The molecule has 116 valence electrons. The summed E-state index contributed by atoms with van der Waals surface area (Å²) in [6.07, 6.45) is 10.9. The Morgan fingerprint density at radius 3 is 1.75 bits per heavy atom. The molecule has 0 heterocycles. The summed E-state index contributed by atoms with van der Waals surface area (Å²) in [5.74, 6) is -2.47. The summed E-state index contributed by atoms with van der Waals surface area (Å²) >= 11 is 0. The lowest BCUT2D eigenvalue weighted by Gasteiger charge is -2.01. The standard InChI is InChI=1S/C14H24O6/c1-2-3-4-5-6-7-8-9-10-11-12(13(15)19-17)14(16)20-18/h11,17-18H,2-10H2,1H3. The zero-order valence-corrected chi connectivity index (χ0v) is 12.0. The molecule has 0 saturated carbocycles. The lowest BCUT2D eigenvalue weighted by Crippen LogP contribution is -2.16. The van der Waals surface area contributed by atoms with E-state index in [0.717, 1.165) is 19.3 Å². The van der Waals surface area contributed by atoms with Crippen LogP contribution < -0.4 is 0 Å². The highest BCUT2D eigenvalue weighted by molar-refractivity contribution is 6.13. The Hall–Kier alpha value is -1.40. The highest BCUT2D eigenvalue weighted by Crippen LogP contribution is 2.11. The van der Waals surface area contributed by atoms with Gasteiger partial charge >= 0.3 is 11.9 Å². The Morgan fingerprint density at radius 1 is 0.850 bits per heavy atom. The number of rotatable bonds is 11. The van der Waals surface area contributed by atoms with Gasteiger partial charge in [0.2, 0.25) is 0 Å². The first kappa shape index (κ1) is 18.6. The lowest BCUT2D eigenvalue weighted by atomic mass is 10.1. The van der Waals surface area contributed by atoms with Gasteiger partial charge in [-0.25, -0.2) is 9.59 Å². The second-order valence-corrected chi connectivity index (χ2v) is 4.64. The van der Waals surface area contributed by atoms with Gasteiger partial charge in [0, 0.05) is 0 Å². The van der Waals surface area contributed by atoms with Crippen LogP contribution in [0.3, 0.4) is 0 Å². The molecule has 0 unspecified atom stereocenters. The van der Waals surface area contributed by atoms with Crippen LogP contribution in [0.4, 0.5) is 0 Å². The maximum atomic E-state index is 11.0. The molecule has 0 fully saturated rings. The van der Waals surface area contributed by atoms with Crippen LogP contribution in [0.1, 0.15) is 64.7 Å². The van der Waals surface area contributed by atoms with Crippen molar-refractivity contribution in [2.75, 3.05) is 0 Å². The van der Waals surface area contributed by atoms with Gasteiger partial charge in [-0.3, -0.25) is 9.78 Å². The molecule has 0 aliphatic heterocycles. The van der Waals surface area contributed by atoms with E-state index in [-0.39, 0.29) is 0 Å². The topological polar surface area (TPSA) is 93.1 Å². The first-order valence-electron chi connectivity index (χ1n) is 7.09. The van der Waals surface area contributed by atoms with E-state index >= 15 is 0 Å². The Labute approximate surface area is 119 Å². The molecule has 20 heavy (non-hydrogen) atoms. The van der Waals surface area contributed by atoms with Crippen LogP contribution in [0.25, 0.3) is 0 Å². The van der Waals surface area contributed by atoms with Crippen molar-refractivity contribution >= 4 is 11.9 Å². The Bertz CT molecular complexity index is 293. The third kappa shape index (κ3) is 8.66. The van der Waals surface area contributed by atoms with E-state index in [1.165, 1.54) is 38.2 Å². The van der Waals surface area contributed by atoms with Crippen molar-refractivity contribution < 1.29 is 29.9 Å². The molecule has 0 saturated heterocycles. The van der Waals surface area contributed by atoms with E-state index in [9.17, 15) is 9.59 Å². The summed E-state index contributed by atoms with van der Waals surface area (Å²) in [5.41, 5.74) is -0.502. The molecule has 0 aromatic rings. The summed E-state index contributed by atoms with van der Waals surface area (Å²) in [5, 5.41) is 16.4. The fourth-order valence-corrected chi connectivity index (χ4v) is 1.87. The van der Waals surface area contributed by atoms with Crippen LogP contribution in [0, 0.1) is 0 Å². The minimum absolute atomic E-state index is 0.481. The number of carbonyl (C=O) groups excluding carboxylic acids is 2. The molecule has 0 amide bonds. The zero-order chi connectivity index (χ0) is 15.2. The highest BCUT2D eigenvalue weighted by atomic mass is 17.1. The van der Waals surface area contributed by atoms with E-state index in [1.54, 1.807) is 0 Å². The summed E-state index contributed by atoms with van der Waals surface area (Å²) in [6.45, 7) is 2.18. The number of hydrogen-bond donors (Lipinski definition) is 2. The minimum atomic E-state index is -1.23. The fourth-order valence-electron chi connectivity index (χ4n) is 1.87. The van der Waals surface area contributed by atoms with Gasteiger partial charge < -0.3 is 0 Å². The van der Waals surface area contributed by atoms with Crippen molar-refractivity contribution in [3.8, 4) is 0 Å². The van der Waals surface area contributed by atoms with Crippen LogP contribution in [0.2, 0.25) is 0 Å². The Kier molecular flexibility index (Phi) is 11.7. The zero-order valence-electron chi connectivity index (χ0n) is 12.0. The molecular formula is C14H24O6. The van der Waals surface area contributed by atoms with Crippen LogP contribution >= 0.6 is 0 Å². The molecule has 6 heteroatoms. The smallest absolute Gasteiger partial charge is 0.295 e. The first-order chi connectivity index (χ1) is 9.67. The molecule has 6 nitrogen and oxygen atoms in total. The maximum Gasteiger partial charge on any atom is 0.379 e. The number of unbranched alkanes of at least 4 members (excludes halogenated alkanes) is 8. The van der Waals surface area contributed by atoms with Crippen molar-refractivity contribution in [3.05, 3.63) is 11.6 Å². The molecule has 0 spiro atoms. The van der Waals surface area contributed by atoms with E-state index < -0.39 is 17.5 Å². The number of allylic oxidation sites excluding steroid dienone is 1. The van der Waals surface area contributed by atoms with Gasteiger partial charge in [0.25, 0.3) is 0 Å². The van der Waals surface area contributed by atoms with Gasteiger partial charge in [-0.2, -0.15) is 10.5 Å². The number of hydrogen-bond acceptors (Lipinski definition) is 6. The van der Waals surface area contributed by atoms with Crippen molar-refractivity contribution in [1.82, 2.24) is 0 Å². The molecule has 0 atom stereocenters. The summed E-state index contributed by atoms with van der Waals surface area (Å²) in [6, 6.07) is 0. The quantitative estimate of drug-likeness (QED) is 0.151. The van der Waals surface area contributed by atoms with Gasteiger partial charge in [-0.05, 0) is 12.8 Å². The van der Waals surface area contributed by atoms with Crippen LogP contribution in [-0.4, -0.2) is 22.5 Å². The predicted octanol–water partition coefficient (Wildman–Crippen LogP) is 3.48. The van der Waals surface area contributed by atoms with Gasteiger partial charge in [0.1, 0.15) is 5.57 Å². The largest absolute Gasteiger partial charge is 0.379 e. The third-order valence-corrected chi connectivity index (χ3v) is 3.01. The van der Waals surface area contributed by atoms with Crippen LogP contribution in [0.15, 0.2) is 11.6 Å². The monoisotopic (exact) mass is 288 g/mol. The van der Waals surface area contributed by atoms with E-state index in [1.807, 2.05) is 0 Å². The van der Waals surface area contributed by atoms with Gasteiger partial charge in [-0.1, -0.05) is 57.9 Å². The maximum absolute atomic E-state index is 11.0. The van der Waals surface area contributed by atoms with Gasteiger partial charge in [-0.15, -0.1) is 0 Å². The number of carbonyl (C=O) groups is 2. The highest BCUT2D eigenvalue weighted by Gasteiger charge is 2.21. The second kappa shape index (κ2) is 12.6. The molecule has 0 aromatic carbocycles. The summed E-state index contributed by atoms with van der Waals surface area (Å²) < 4.78 is 0. The molecule has 0 aromatic heterocycles. The van der Waals surface area contributed by atoms with E-state index in [2.05, 4.69) is 16.7 Å². The van der Waals surface area contributed by atoms with Gasteiger partial charge in [0.15, 0.2) is 0 Å². The third-order valence-electron chi connectivity index (χ3n) is 3.01. The predicted molar refractivity (Wildman–Crippen MR) is 72.8 cm³/mol. The molecule has 0 rings (SSSR count). The fraction of sp³-hybridized carbons (Fsp3) is 0.714. The second-order valence-electron chi connectivity index (χ2n) is 4.64. The molecule has 0 radical (unpaired) electrons. The van der Waals surface area contributed by atoms with Crippen LogP contribution in [-0.2, 0) is 19.4 Å². The summed E-state index contributed by atoms with van der Waals surface area (Å²) in [4.78, 5) is 29.0. The normalized spacial score (nSPS) is 9.95. The van der Waals surface area contributed by atoms with E-state index in [4.69, 9.17) is 10.5 Å². The molecular weight excluding hydrogens is 264 g/mol. The summed E-state index contributed by atoms with van der Waals surface area (Å²) in [7, 11) is 0. The van der Waals surface area contributed by atoms with Crippen molar-refractivity contribution in [2.24, 2.45) is 0 Å². The average Bonchev–Trinajstić information content (AvgIpc) is 2.48. The minimum Gasteiger partial charge on any atom is -0.295 e. The molecule has 0 aliphatic carbocycles. The molecule has 0 bridgehead atoms. The Morgan fingerprint density at radius 2 is 1.30 bits per heavy atom. The molecule has 0 aliphatic rings. The lowest BCUT2D eigenvalue weighted by molar-refractivity contribution is -0.239. The van der Waals surface area contributed by atoms with E-state index in [0.29, 0.717) is 6.42 Å². The first-order valence-corrected chi connectivity index (χ1v) is 7.09. The SMILES string of the molecule is CCCCCCCCCCC=C(C(=O)OO)C(=O)OO. The van der Waals surface area contributed by atoms with Crippen molar-refractivity contribution in [1.29, 1.82) is 0 Å². The van der Waals surface area contributed by atoms with Crippen molar-refractivity contribution in [2.45, 2.75) is 64.7 Å². The average molecular weight is 288 g/mol. The molecule has 2 N–H and O–H groups in total.